The molecule has 0 aliphatic heterocycles. The predicted molar refractivity (Wildman–Crippen MR) is 62.4 cm³/mol. The Hall–Kier alpha value is -0.570. The molecule has 15 heavy (non-hydrogen) atoms. The Bertz CT molecular complexity index is 224. The van der Waals surface area contributed by atoms with Crippen LogP contribution in [0.3, 0.4) is 0 Å². The molecule has 0 aromatic heterocycles. The van der Waals surface area contributed by atoms with Gasteiger partial charge in [-0.2, -0.15) is 0 Å². The average molecular weight is 212 g/mol. The van der Waals surface area contributed by atoms with Crippen molar-refractivity contribution in [3.63, 3.8) is 0 Å². The van der Waals surface area contributed by atoms with Crippen LogP contribution in [0.5, 0.6) is 0 Å². The molecule has 88 valence electrons. The molecule has 1 rings (SSSR count). The van der Waals surface area contributed by atoms with E-state index in [1.54, 1.807) is 0 Å². The maximum Gasteiger partial charge on any atom is 0.239 e. The smallest absolute Gasteiger partial charge is 0.239 e. The Kier molecular flexibility index (Phi) is 4.14. The van der Waals surface area contributed by atoms with Gasteiger partial charge in [-0.25, -0.2) is 0 Å². The van der Waals surface area contributed by atoms with Crippen LogP contribution in [0.2, 0.25) is 0 Å². The maximum absolute atomic E-state index is 12.0. The van der Waals surface area contributed by atoms with Crippen LogP contribution in [0.25, 0.3) is 0 Å². The number of carbonyl (C=O) groups is 1. The molecular weight excluding hydrogens is 188 g/mol. The van der Waals surface area contributed by atoms with Crippen molar-refractivity contribution in [3.8, 4) is 0 Å². The Morgan fingerprint density at radius 1 is 1.40 bits per heavy atom. The monoisotopic (exact) mass is 212 g/mol. The summed E-state index contributed by atoms with van der Waals surface area (Å²) >= 11 is 0. The second-order valence-corrected chi connectivity index (χ2v) is 5.26. The molecule has 1 unspecified atom stereocenters. The fourth-order valence-electron chi connectivity index (χ4n) is 1.97. The van der Waals surface area contributed by atoms with E-state index in [0.717, 1.165) is 6.42 Å². The Morgan fingerprint density at radius 3 is 2.33 bits per heavy atom. The number of amides is 1. The number of hydrogen-bond donors (Lipinski definition) is 1. The van der Waals surface area contributed by atoms with Gasteiger partial charge in [0, 0.05) is 13.1 Å². The highest BCUT2D eigenvalue weighted by atomic mass is 16.2. The molecule has 1 aliphatic carbocycles. The van der Waals surface area contributed by atoms with Crippen LogP contribution in [-0.4, -0.2) is 29.9 Å². The Morgan fingerprint density at radius 2 is 1.93 bits per heavy atom. The molecule has 0 bridgehead atoms. The van der Waals surface area contributed by atoms with E-state index in [2.05, 4.69) is 20.8 Å². The van der Waals surface area contributed by atoms with Gasteiger partial charge in [0.05, 0.1) is 6.04 Å². The number of carbonyl (C=O) groups excluding carboxylic acids is 1. The normalized spacial score (nSPS) is 20.1. The molecule has 2 atom stereocenters. The summed E-state index contributed by atoms with van der Waals surface area (Å²) in [6.07, 6.45) is 3.30. The van der Waals surface area contributed by atoms with E-state index in [9.17, 15) is 4.79 Å². The van der Waals surface area contributed by atoms with Gasteiger partial charge in [0.2, 0.25) is 5.91 Å². The highest BCUT2D eigenvalue weighted by molar-refractivity contribution is 5.81. The summed E-state index contributed by atoms with van der Waals surface area (Å²) in [5.74, 6) is 1.29. The topological polar surface area (TPSA) is 46.3 Å². The average Bonchev–Trinajstić information content (AvgIpc) is 2.96. The zero-order chi connectivity index (χ0) is 11.6. The van der Waals surface area contributed by atoms with Crippen molar-refractivity contribution in [2.24, 2.45) is 17.6 Å². The summed E-state index contributed by atoms with van der Waals surface area (Å²) in [4.78, 5) is 13.8. The van der Waals surface area contributed by atoms with Gasteiger partial charge < -0.3 is 10.6 Å². The molecule has 0 spiro atoms. The zero-order valence-corrected chi connectivity index (χ0v) is 10.4. The Labute approximate surface area is 93.0 Å². The van der Waals surface area contributed by atoms with Crippen LogP contribution >= 0.6 is 0 Å². The van der Waals surface area contributed by atoms with Gasteiger partial charge in [-0.1, -0.05) is 13.8 Å². The standard InChI is InChI=1S/C12H24N2O/c1-8(2)7-11(13)12(15)14(4)9(3)10-5-6-10/h8-11H,5-7,13H2,1-4H3/t9?,11-/m0/s1. The van der Waals surface area contributed by atoms with Crippen molar-refractivity contribution < 1.29 is 4.79 Å². The first-order chi connectivity index (χ1) is 6.93. The largest absolute Gasteiger partial charge is 0.341 e. The Balaban J connectivity index is 2.43. The fraction of sp³-hybridized carbons (Fsp3) is 0.917. The van der Waals surface area contributed by atoms with Gasteiger partial charge in [0.15, 0.2) is 0 Å². The molecule has 0 radical (unpaired) electrons. The van der Waals surface area contributed by atoms with Crippen molar-refractivity contribution in [1.29, 1.82) is 0 Å². The second kappa shape index (κ2) is 4.97. The van der Waals surface area contributed by atoms with Gasteiger partial charge in [-0.3, -0.25) is 4.79 Å². The highest BCUT2D eigenvalue weighted by Crippen LogP contribution is 2.34. The molecule has 1 aliphatic rings. The van der Waals surface area contributed by atoms with Crippen molar-refractivity contribution in [2.45, 2.75) is 52.1 Å². The lowest BCUT2D eigenvalue weighted by molar-refractivity contribution is -0.133. The van der Waals surface area contributed by atoms with Crippen LogP contribution in [0.4, 0.5) is 0 Å². The van der Waals surface area contributed by atoms with Crippen molar-refractivity contribution in [1.82, 2.24) is 4.90 Å². The van der Waals surface area contributed by atoms with Gasteiger partial charge in [0.25, 0.3) is 0 Å². The first-order valence-electron chi connectivity index (χ1n) is 5.95. The number of hydrogen-bond acceptors (Lipinski definition) is 2. The summed E-state index contributed by atoms with van der Waals surface area (Å²) in [7, 11) is 1.88. The summed E-state index contributed by atoms with van der Waals surface area (Å²) in [6, 6.07) is 0.0342. The molecule has 2 N–H and O–H groups in total. The molecule has 0 saturated heterocycles. The van der Waals surface area contributed by atoms with Gasteiger partial charge in [-0.05, 0) is 38.0 Å². The number of nitrogens with two attached hydrogens (primary N) is 1. The predicted octanol–water partition coefficient (Wildman–Crippen LogP) is 1.62. The minimum atomic E-state index is -0.323. The quantitative estimate of drug-likeness (QED) is 0.752. The number of nitrogens with zero attached hydrogens (tertiary/aromatic N) is 1. The minimum absolute atomic E-state index is 0.100. The zero-order valence-electron chi connectivity index (χ0n) is 10.4. The molecule has 3 nitrogen and oxygen atoms in total. The van der Waals surface area contributed by atoms with Gasteiger partial charge in [0.1, 0.15) is 0 Å². The molecular formula is C12H24N2O. The van der Waals surface area contributed by atoms with Crippen molar-refractivity contribution >= 4 is 5.91 Å². The lowest BCUT2D eigenvalue weighted by Gasteiger charge is -2.28. The second-order valence-electron chi connectivity index (χ2n) is 5.26. The molecule has 1 amide bonds. The lowest BCUT2D eigenvalue weighted by Crippen LogP contribution is -2.46. The van der Waals surface area contributed by atoms with E-state index in [1.165, 1.54) is 12.8 Å². The minimum Gasteiger partial charge on any atom is -0.341 e. The molecule has 0 aromatic rings. The van der Waals surface area contributed by atoms with E-state index in [4.69, 9.17) is 5.73 Å². The SMILES string of the molecule is CC(C)C[C@H](N)C(=O)N(C)C(C)C1CC1. The fourth-order valence-corrected chi connectivity index (χ4v) is 1.97. The summed E-state index contributed by atoms with van der Waals surface area (Å²) in [6.45, 7) is 6.31. The van der Waals surface area contributed by atoms with Crippen LogP contribution < -0.4 is 5.73 Å². The molecule has 3 heteroatoms. The third-order valence-electron chi connectivity index (χ3n) is 3.31. The maximum atomic E-state index is 12.0. The van der Waals surface area contributed by atoms with E-state index in [0.29, 0.717) is 17.9 Å². The van der Waals surface area contributed by atoms with Crippen molar-refractivity contribution in [2.75, 3.05) is 7.05 Å². The van der Waals surface area contributed by atoms with Gasteiger partial charge >= 0.3 is 0 Å². The summed E-state index contributed by atoms with van der Waals surface area (Å²) in [5, 5.41) is 0. The van der Waals surface area contributed by atoms with Crippen LogP contribution in [-0.2, 0) is 4.79 Å². The molecule has 1 saturated carbocycles. The first-order valence-corrected chi connectivity index (χ1v) is 5.95. The van der Waals surface area contributed by atoms with Crippen LogP contribution in [0, 0.1) is 11.8 Å². The highest BCUT2D eigenvalue weighted by Gasteiger charge is 2.33. The summed E-state index contributed by atoms with van der Waals surface area (Å²) in [5.41, 5.74) is 5.89. The number of rotatable bonds is 5. The molecule has 0 aromatic carbocycles. The van der Waals surface area contributed by atoms with Crippen LogP contribution in [0.15, 0.2) is 0 Å². The first kappa shape index (κ1) is 12.5. The third-order valence-corrected chi connectivity index (χ3v) is 3.31. The third kappa shape index (κ3) is 3.49. The summed E-state index contributed by atoms with van der Waals surface area (Å²) < 4.78 is 0. The van der Waals surface area contributed by atoms with Crippen molar-refractivity contribution in [3.05, 3.63) is 0 Å². The lowest BCUT2D eigenvalue weighted by atomic mass is 10.0. The number of likely N-dealkylation sites (N-methyl/N-ethyl adjacent to an activating group) is 1. The van der Waals surface area contributed by atoms with E-state index in [1.807, 2.05) is 11.9 Å². The molecule has 1 fully saturated rings. The van der Waals surface area contributed by atoms with E-state index < -0.39 is 0 Å². The van der Waals surface area contributed by atoms with E-state index in [-0.39, 0.29) is 11.9 Å². The van der Waals surface area contributed by atoms with Gasteiger partial charge in [-0.15, -0.1) is 0 Å². The molecule has 0 heterocycles. The van der Waals surface area contributed by atoms with E-state index >= 15 is 0 Å². The van der Waals surface area contributed by atoms with Crippen LogP contribution in [0.1, 0.15) is 40.0 Å².